The van der Waals surface area contributed by atoms with Crippen LogP contribution in [0.3, 0.4) is 0 Å². The van der Waals surface area contributed by atoms with E-state index in [9.17, 15) is 8.78 Å². The number of aromatic nitrogens is 4. The van der Waals surface area contributed by atoms with Gasteiger partial charge in [-0.3, -0.25) is 9.36 Å². The minimum Gasteiger partial charge on any atom is -0.381 e. The lowest BCUT2D eigenvalue weighted by molar-refractivity contribution is 0.0654. The van der Waals surface area contributed by atoms with E-state index < -0.39 is 6.43 Å². The van der Waals surface area contributed by atoms with E-state index in [-0.39, 0.29) is 5.56 Å². The normalized spacial score (nSPS) is 18.7. The smallest absolute Gasteiger partial charge is 0.264 e. The average molecular weight is 455 g/mol. The van der Waals surface area contributed by atoms with Gasteiger partial charge in [-0.2, -0.15) is 10.2 Å². The van der Waals surface area contributed by atoms with Crippen molar-refractivity contribution in [1.82, 2.24) is 24.9 Å². The maximum atomic E-state index is 14.2. The van der Waals surface area contributed by atoms with Crippen molar-refractivity contribution in [3.05, 3.63) is 46.9 Å². The van der Waals surface area contributed by atoms with Gasteiger partial charge in [0.2, 0.25) is 0 Å². The van der Waals surface area contributed by atoms with Gasteiger partial charge < -0.3 is 15.0 Å². The van der Waals surface area contributed by atoms with Gasteiger partial charge in [0, 0.05) is 80.6 Å². The number of alkyl halides is 2. The van der Waals surface area contributed by atoms with E-state index in [2.05, 4.69) is 20.0 Å². The molecule has 1 saturated heterocycles. The highest BCUT2D eigenvalue weighted by Gasteiger charge is 2.33. The zero-order valence-corrected chi connectivity index (χ0v) is 18.7. The summed E-state index contributed by atoms with van der Waals surface area (Å²) in [4.78, 5) is 2.15. The molecular formula is C24H28F2N6O. The molecule has 3 aliphatic heterocycles. The van der Waals surface area contributed by atoms with E-state index in [1.165, 1.54) is 11.3 Å². The second kappa shape index (κ2) is 8.22. The number of hydrogen-bond donors (Lipinski definition) is 1. The predicted octanol–water partition coefficient (Wildman–Crippen LogP) is 3.91. The second-order valence-electron chi connectivity index (χ2n) is 9.14. The molecule has 0 amide bonds. The Balaban J connectivity index is 1.43. The second-order valence-corrected chi connectivity index (χ2v) is 9.14. The van der Waals surface area contributed by atoms with Gasteiger partial charge in [0.1, 0.15) is 0 Å². The van der Waals surface area contributed by atoms with Crippen molar-refractivity contribution < 1.29 is 13.5 Å². The quantitative estimate of drug-likeness (QED) is 0.648. The topological polar surface area (TPSA) is 60.1 Å². The molecule has 0 radical (unpaired) electrons. The van der Waals surface area contributed by atoms with Crippen molar-refractivity contribution in [2.24, 2.45) is 7.05 Å². The summed E-state index contributed by atoms with van der Waals surface area (Å²) in [5.74, 6) is 0.914. The molecule has 1 aromatic carbocycles. The molecule has 33 heavy (non-hydrogen) atoms. The summed E-state index contributed by atoms with van der Waals surface area (Å²) < 4.78 is 37.7. The van der Waals surface area contributed by atoms with Crippen LogP contribution in [-0.2, 0) is 31.2 Å². The third-order valence-corrected chi connectivity index (χ3v) is 7.13. The summed E-state index contributed by atoms with van der Waals surface area (Å²) >= 11 is 0. The molecule has 0 atom stereocenters. The number of halogens is 2. The monoisotopic (exact) mass is 454 g/mol. The highest BCUT2D eigenvalue weighted by atomic mass is 19.3. The van der Waals surface area contributed by atoms with Crippen LogP contribution in [0.5, 0.6) is 0 Å². The highest BCUT2D eigenvalue weighted by Crippen LogP contribution is 2.43. The van der Waals surface area contributed by atoms with E-state index in [0.717, 1.165) is 81.2 Å². The van der Waals surface area contributed by atoms with Crippen LogP contribution in [0.25, 0.3) is 11.1 Å². The molecule has 174 valence electrons. The van der Waals surface area contributed by atoms with Crippen LogP contribution in [0.2, 0.25) is 0 Å². The maximum Gasteiger partial charge on any atom is 0.264 e. The minimum atomic E-state index is -2.57. The molecule has 1 fully saturated rings. The van der Waals surface area contributed by atoms with Gasteiger partial charge in [0.15, 0.2) is 5.82 Å². The maximum absolute atomic E-state index is 14.2. The first-order valence-corrected chi connectivity index (χ1v) is 11.7. The number of anilines is 2. The summed E-state index contributed by atoms with van der Waals surface area (Å²) in [5.41, 5.74) is 5.75. The Labute approximate surface area is 191 Å². The number of fused-ring (bicyclic) bond motifs is 2. The molecule has 9 heteroatoms. The molecule has 0 aliphatic carbocycles. The Morgan fingerprint density at radius 2 is 2.03 bits per heavy atom. The lowest BCUT2D eigenvalue weighted by atomic mass is 9.98. The van der Waals surface area contributed by atoms with Gasteiger partial charge in [0.25, 0.3) is 6.43 Å². The Morgan fingerprint density at radius 1 is 1.18 bits per heavy atom. The molecule has 7 nitrogen and oxygen atoms in total. The third kappa shape index (κ3) is 3.54. The Hall–Kier alpha value is -2.78. The van der Waals surface area contributed by atoms with Crippen molar-refractivity contribution in [1.29, 1.82) is 0 Å². The summed E-state index contributed by atoms with van der Waals surface area (Å²) in [6, 6.07) is 3.94. The van der Waals surface area contributed by atoms with Crippen LogP contribution < -0.4 is 10.2 Å². The Bertz CT molecular complexity index is 1180. The van der Waals surface area contributed by atoms with Crippen LogP contribution in [0.4, 0.5) is 20.3 Å². The highest BCUT2D eigenvalue weighted by molar-refractivity contribution is 5.78. The molecule has 0 saturated carbocycles. The van der Waals surface area contributed by atoms with Crippen LogP contribution in [0, 0.1) is 0 Å². The molecule has 3 aromatic rings. The van der Waals surface area contributed by atoms with Crippen molar-refractivity contribution in [2.45, 2.75) is 44.7 Å². The van der Waals surface area contributed by atoms with E-state index >= 15 is 0 Å². The van der Waals surface area contributed by atoms with E-state index in [1.807, 2.05) is 6.07 Å². The van der Waals surface area contributed by atoms with E-state index in [1.54, 1.807) is 30.2 Å². The summed E-state index contributed by atoms with van der Waals surface area (Å²) in [7, 11) is 1.80. The fourth-order valence-corrected chi connectivity index (χ4v) is 5.47. The molecule has 0 spiro atoms. The molecule has 2 aromatic heterocycles. The molecular weight excluding hydrogens is 426 g/mol. The van der Waals surface area contributed by atoms with Crippen molar-refractivity contribution >= 4 is 11.5 Å². The first kappa shape index (κ1) is 20.8. The largest absolute Gasteiger partial charge is 0.381 e. The van der Waals surface area contributed by atoms with Crippen molar-refractivity contribution in [2.75, 3.05) is 31.2 Å². The van der Waals surface area contributed by atoms with Crippen molar-refractivity contribution in [3.8, 4) is 11.1 Å². The Morgan fingerprint density at radius 3 is 2.79 bits per heavy atom. The Kier molecular flexibility index (Phi) is 5.18. The molecule has 1 N–H and O–H groups in total. The van der Waals surface area contributed by atoms with Gasteiger partial charge in [-0.05, 0) is 42.5 Å². The van der Waals surface area contributed by atoms with Gasteiger partial charge in [-0.25, -0.2) is 8.78 Å². The number of nitrogens with one attached hydrogen (secondary N) is 1. The molecule has 0 bridgehead atoms. The van der Waals surface area contributed by atoms with E-state index in [4.69, 9.17) is 9.84 Å². The summed E-state index contributed by atoms with van der Waals surface area (Å²) in [5, 5.41) is 12.8. The zero-order valence-electron chi connectivity index (χ0n) is 18.7. The average Bonchev–Trinajstić information content (AvgIpc) is 3.55. The van der Waals surface area contributed by atoms with Crippen LogP contribution >= 0.6 is 0 Å². The zero-order chi connectivity index (χ0) is 22.5. The number of aryl methyl sites for hydroxylation is 1. The lowest BCUT2D eigenvalue weighted by Gasteiger charge is -2.25. The molecule has 3 aliphatic rings. The van der Waals surface area contributed by atoms with E-state index in [0.29, 0.717) is 11.6 Å². The number of nitrogens with zero attached hydrogens (tertiary/aromatic N) is 5. The minimum absolute atomic E-state index is 0.0458. The van der Waals surface area contributed by atoms with Crippen molar-refractivity contribution in [3.63, 3.8) is 0 Å². The predicted molar refractivity (Wildman–Crippen MR) is 121 cm³/mol. The lowest BCUT2D eigenvalue weighted by Crippen LogP contribution is -2.28. The number of hydrogen-bond acceptors (Lipinski definition) is 5. The van der Waals surface area contributed by atoms with Gasteiger partial charge in [-0.15, -0.1) is 0 Å². The third-order valence-electron chi connectivity index (χ3n) is 7.13. The van der Waals surface area contributed by atoms with Gasteiger partial charge in [-0.1, -0.05) is 0 Å². The first-order chi connectivity index (χ1) is 16.1. The standard InChI is InChI=1S/C24H28F2N6O/c1-30-14-16(12-28-30)18-10-15-3-7-31(22(15)11-19(18)23(25)26)24-20-13-27-6-2-21(20)32(29-24)17-4-8-33-9-5-17/h10-12,14,17,23,27H,2-9,13H2,1H3. The summed E-state index contributed by atoms with van der Waals surface area (Å²) in [6.45, 7) is 3.95. The molecule has 6 rings (SSSR count). The SMILES string of the molecule is Cn1cc(-c2cc3c(cc2C(F)F)N(c2nn(C4CCOCC4)c4c2CNCC4)CC3)cn1. The number of ether oxygens (including phenoxy) is 1. The van der Waals surface area contributed by atoms with Crippen LogP contribution in [-0.4, -0.2) is 45.9 Å². The fourth-order valence-electron chi connectivity index (χ4n) is 5.47. The van der Waals surface area contributed by atoms with Crippen LogP contribution in [0.1, 0.15) is 47.7 Å². The molecule has 0 unspecified atom stereocenters. The van der Waals surface area contributed by atoms with Gasteiger partial charge in [0.05, 0.1) is 12.2 Å². The number of rotatable bonds is 4. The summed E-state index contributed by atoms with van der Waals surface area (Å²) in [6.07, 6.45) is 4.53. The van der Waals surface area contributed by atoms with Crippen LogP contribution in [0.15, 0.2) is 24.5 Å². The fraction of sp³-hybridized carbons (Fsp3) is 0.500. The molecule has 5 heterocycles. The number of benzene rings is 1. The first-order valence-electron chi connectivity index (χ1n) is 11.7. The van der Waals surface area contributed by atoms with Gasteiger partial charge >= 0.3 is 0 Å².